The van der Waals surface area contributed by atoms with Crippen molar-refractivity contribution in [2.24, 2.45) is 5.14 Å². The lowest BCUT2D eigenvalue weighted by Crippen LogP contribution is -2.13. The van der Waals surface area contributed by atoms with E-state index < -0.39 is 10.0 Å². The number of hydrogen-bond donors (Lipinski definition) is 2. The van der Waals surface area contributed by atoms with Gasteiger partial charge in [0.1, 0.15) is 10.6 Å². The van der Waals surface area contributed by atoms with Crippen molar-refractivity contribution >= 4 is 10.0 Å². The molecule has 0 aliphatic heterocycles. The second-order valence-electron chi connectivity index (χ2n) is 4.01. The van der Waals surface area contributed by atoms with Crippen LogP contribution in [0.1, 0.15) is 5.56 Å². The molecule has 0 aromatic heterocycles. The number of benzene rings is 2. The van der Waals surface area contributed by atoms with Gasteiger partial charge in [0.15, 0.2) is 0 Å². The van der Waals surface area contributed by atoms with E-state index in [9.17, 15) is 13.5 Å². The maximum atomic E-state index is 11.6. The van der Waals surface area contributed by atoms with Crippen LogP contribution >= 0.6 is 0 Å². The molecule has 0 radical (unpaired) electrons. The van der Waals surface area contributed by atoms with Gasteiger partial charge in [-0.1, -0.05) is 36.4 Å². The summed E-state index contributed by atoms with van der Waals surface area (Å²) in [6.45, 7) is 1.87. The predicted molar refractivity (Wildman–Crippen MR) is 69.7 cm³/mol. The Kier molecular flexibility index (Phi) is 3.11. The third-order valence-corrected chi connectivity index (χ3v) is 3.71. The molecule has 0 spiro atoms. The highest BCUT2D eigenvalue weighted by Crippen LogP contribution is 2.34. The van der Waals surface area contributed by atoms with Crippen LogP contribution in [-0.2, 0) is 10.0 Å². The van der Waals surface area contributed by atoms with Crippen LogP contribution in [-0.4, -0.2) is 13.5 Å². The van der Waals surface area contributed by atoms with Crippen molar-refractivity contribution in [3.05, 3.63) is 48.0 Å². The topological polar surface area (TPSA) is 80.4 Å². The van der Waals surface area contributed by atoms with Gasteiger partial charge in [0.25, 0.3) is 0 Å². The lowest BCUT2D eigenvalue weighted by molar-refractivity contribution is 0.459. The van der Waals surface area contributed by atoms with Crippen LogP contribution in [0.4, 0.5) is 0 Å². The minimum absolute atomic E-state index is 0.237. The van der Waals surface area contributed by atoms with Crippen molar-refractivity contribution in [3.63, 3.8) is 0 Å². The molecule has 2 aromatic rings. The highest BCUT2D eigenvalue weighted by Gasteiger charge is 2.20. The normalized spacial score (nSPS) is 11.4. The fourth-order valence-electron chi connectivity index (χ4n) is 1.91. The van der Waals surface area contributed by atoms with E-state index in [4.69, 9.17) is 5.14 Å². The summed E-state index contributed by atoms with van der Waals surface area (Å²) in [5.74, 6) is -0.335. The molecule has 94 valence electrons. The van der Waals surface area contributed by atoms with Gasteiger partial charge in [-0.3, -0.25) is 0 Å². The summed E-state index contributed by atoms with van der Waals surface area (Å²) in [7, 11) is -3.98. The van der Waals surface area contributed by atoms with Gasteiger partial charge >= 0.3 is 0 Å². The zero-order chi connectivity index (χ0) is 13.3. The van der Waals surface area contributed by atoms with Gasteiger partial charge in [0.05, 0.1) is 0 Å². The Morgan fingerprint density at radius 3 is 2.22 bits per heavy atom. The van der Waals surface area contributed by atoms with E-state index in [1.54, 1.807) is 24.3 Å². The fourth-order valence-corrected chi connectivity index (χ4v) is 2.76. The largest absolute Gasteiger partial charge is 0.507 e. The summed E-state index contributed by atoms with van der Waals surface area (Å²) in [6, 6.07) is 11.8. The second-order valence-corrected chi connectivity index (χ2v) is 5.51. The van der Waals surface area contributed by atoms with Crippen LogP contribution in [0.2, 0.25) is 0 Å². The van der Waals surface area contributed by atoms with E-state index in [1.165, 1.54) is 6.07 Å². The number of aromatic hydroxyl groups is 1. The maximum absolute atomic E-state index is 11.6. The first kappa shape index (κ1) is 12.6. The minimum atomic E-state index is -3.98. The van der Waals surface area contributed by atoms with Gasteiger partial charge in [0, 0.05) is 5.56 Å². The van der Waals surface area contributed by atoms with Crippen molar-refractivity contribution < 1.29 is 13.5 Å². The Balaban J connectivity index is 2.82. The van der Waals surface area contributed by atoms with E-state index in [2.05, 4.69) is 0 Å². The Labute approximate surface area is 106 Å². The summed E-state index contributed by atoms with van der Waals surface area (Å²) in [5, 5.41) is 14.9. The minimum Gasteiger partial charge on any atom is -0.507 e. The molecule has 2 aromatic carbocycles. The molecule has 5 heteroatoms. The van der Waals surface area contributed by atoms with E-state index in [0.29, 0.717) is 5.56 Å². The number of hydrogen-bond acceptors (Lipinski definition) is 3. The number of phenols is 1. The Hall–Kier alpha value is -1.85. The molecule has 0 saturated heterocycles. The molecule has 0 atom stereocenters. The molecule has 0 amide bonds. The lowest BCUT2D eigenvalue weighted by atomic mass is 10.0. The number of sulfonamides is 1. The first-order valence-electron chi connectivity index (χ1n) is 5.32. The van der Waals surface area contributed by atoms with Crippen LogP contribution < -0.4 is 5.14 Å². The van der Waals surface area contributed by atoms with E-state index in [1.807, 2.05) is 19.1 Å². The van der Waals surface area contributed by atoms with E-state index >= 15 is 0 Å². The van der Waals surface area contributed by atoms with Gasteiger partial charge in [-0.15, -0.1) is 0 Å². The summed E-state index contributed by atoms with van der Waals surface area (Å²) >= 11 is 0. The third-order valence-electron chi connectivity index (χ3n) is 2.71. The molecule has 4 nitrogen and oxygen atoms in total. The van der Waals surface area contributed by atoms with E-state index in [0.717, 1.165) is 11.1 Å². The highest BCUT2D eigenvalue weighted by molar-refractivity contribution is 7.89. The Morgan fingerprint density at radius 2 is 1.61 bits per heavy atom. The van der Waals surface area contributed by atoms with Crippen molar-refractivity contribution in [1.82, 2.24) is 0 Å². The molecule has 0 bridgehead atoms. The molecular formula is C13H13NO3S. The predicted octanol–water partition coefficient (Wildman–Crippen LogP) is 2.02. The Morgan fingerprint density at radius 1 is 1.00 bits per heavy atom. The summed E-state index contributed by atoms with van der Waals surface area (Å²) < 4.78 is 23.2. The van der Waals surface area contributed by atoms with Gasteiger partial charge in [-0.25, -0.2) is 13.6 Å². The number of aryl methyl sites for hydroxylation is 1. The highest BCUT2D eigenvalue weighted by atomic mass is 32.2. The summed E-state index contributed by atoms with van der Waals surface area (Å²) in [6.07, 6.45) is 0. The maximum Gasteiger partial charge on any atom is 0.242 e. The first-order chi connectivity index (χ1) is 8.41. The van der Waals surface area contributed by atoms with Gasteiger partial charge < -0.3 is 5.11 Å². The molecule has 0 heterocycles. The van der Waals surface area contributed by atoms with Crippen LogP contribution in [0.3, 0.4) is 0 Å². The van der Waals surface area contributed by atoms with Crippen LogP contribution in [0.5, 0.6) is 5.75 Å². The van der Waals surface area contributed by atoms with E-state index in [-0.39, 0.29) is 10.6 Å². The van der Waals surface area contributed by atoms with Crippen LogP contribution in [0.25, 0.3) is 11.1 Å². The van der Waals surface area contributed by atoms with Crippen molar-refractivity contribution in [1.29, 1.82) is 0 Å². The molecule has 0 fully saturated rings. The summed E-state index contributed by atoms with van der Waals surface area (Å²) in [5.41, 5.74) is 2.06. The SMILES string of the molecule is Cc1ccccc1-c1cccc(O)c1S(N)(=O)=O. The number of rotatable bonds is 2. The number of phenolic OH excluding ortho intramolecular Hbond substituents is 1. The molecule has 0 unspecified atom stereocenters. The second kappa shape index (κ2) is 4.44. The van der Waals surface area contributed by atoms with Gasteiger partial charge in [-0.05, 0) is 24.1 Å². The zero-order valence-corrected chi connectivity index (χ0v) is 10.6. The molecule has 0 aliphatic carbocycles. The van der Waals surface area contributed by atoms with Gasteiger partial charge in [0.2, 0.25) is 10.0 Å². The van der Waals surface area contributed by atoms with Crippen LogP contribution in [0, 0.1) is 6.92 Å². The fraction of sp³-hybridized carbons (Fsp3) is 0.0769. The smallest absolute Gasteiger partial charge is 0.242 e. The average Bonchev–Trinajstić information content (AvgIpc) is 2.27. The molecule has 0 saturated carbocycles. The number of primary sulfonamides is 1. The third kappa shape index (κ3) is 2.23. The number of nitrogens with two attached hydrogens (primary N) is 1. The Bertz CT molecular complexity index is 693. The molecular weight excluding hydrogens is 250 g/mol. The zero-order valence-electron chi connectivity index (χ0n) is 9.79. The van der Waals surface area contributed by atoms with Gasteiger partial charge in [-0.2, -0.15) is 0 Å². The van der Waals surface area contributed by atoms with Crippen molar-refractivity contribution in [3.8, 4) is 16.9 Å². The van der Waals surface area contributed by atoms with Crippen molar-refractivity contribution in [2.75, 3.05) is 0 Å². The molecule has 18 heavy (non-hydrogen) atoms. The lowest BCUT2D eigenvalue weighted by Gasteiger charge is -2.11. The molecule has 3 N–H and O–H groups in total. The standard InChI is InChI=1S/C13H13NO3S/c1-9-5-2-3-6-10(9)11-7-4-8-12(15)13(11)18(14,16)17/h2-8,15H,1H3,(H2,14,16,17). The average molecular weight is 263 g/mol. The molecule has 2 rings (SSSR count). The monoisotopic (exact) mass is 263 g/mol. The molecule has 0 aliphatic rings. The first-order valence-corrected chi connectivity index (χ1v) is 6.86. The van der Waals surface area contributed by atoms with Crippen molar-refractivity contribution in [2.45, 2.75) is 11.8 Å². The quantitative estimate of drug-likeness (QED) is 0.869. The summed E-state index contributed by atoms with van der Waals surface area (Å²) in [4.78, 5) is -0.237. The van der Waals surface area contributed by atoms with Crippen LogP contribution in [0.15, 0.2) is 47.4 Å².